The SMILES string of the molecule is O=Cc1cnc(Oc2cc(F)ccc2[N+](=O)[O-])nc1. The number of nitrogens with zero attached hydrogens (tertiary/aromatic N) is 3. The van der Waals surface area contributed by atoms with E-state index in [9.17, 15) is 19.3 Å². The summed E-state index contributed by atoms with van der Waals surface area (Å²) >= 11 is 0. The maximum Gasteiger partial charge on any atom is 0.322 e. The first-order chi connectivity index (χ1) is 9.10. The van der Waals surface area contributed by atoms with Crippen molar-refractivity contribution in [3.05, 3.63) is 52.1 Å². The second-order valence-electron chi connectivity index (χ2n) is 3.39. The maximum absolute atomic E-state index is 13.0. The van der Waals surface area contributed by atoms with Gasteiger partial charge in [-0.15, -0.1) is 0 Å². The molecule has 8 heteroatoms. The third-order valence-electron chi connectivity index (χ3n) is 2.10. The van der Waals surface area contributed by atoms with Gasteiger partial charge in [-0.2, -0.15) is 0 Å². The number of benzene rings is 1. The Morgan fingerprint density at radius 1 is 1.32 bits per heavy atom. The average Bonchev–Trinajstić information content (AvgIpc) is 2.39. The van der Waals surface area contributed by atoms with E-state index in [1.807, 2.05) is 0 Å². The van der Waals surface area contributed by atoms with Crippen LogP contribution < -0.4 is 4.74 Å². The predicted octanol–water partition coefficient (Wildman–Crippen LogP) is 2.13. The van der Waals surface area contributed by atoms with Crippen molar-refractivity contribution >= 4 is 12.0 Å². The van der Waals surface area contributed by atoms with Crippen LogP contribution in [0.4, 0.5) is 10.1 Å². The number of hydrogen-bond acceptors (Lipinski definition) is 6. The Balaban J connectivity index is 2.33. The monoisotopic (exact) mass is 263 g/mol. The van der Waals surface area contributed by atoms with E-state index in [-0.39, 0.29) is 17.3 Å². The van der Waals surface area contributed by atoms with E-state index in [4.69, 9.17) is 4.74 Å². The first-order valence-electron chi connectivity index (χ1n) is 4.99. The van der Waals surface area contributed by atoms with Crippen molar-refractivity contribution in [1.82, 2.24) is 9.97 Å². The van der Waals surface area contributed by atoms with Gasteiger partial charge in [-0.1, -0.05) is 0 Å². The number of nitro groups is 1. The molecule has 0 fully saturated rings. The summed E-state index contributed by atoms with van der Waals surface area (Å²) in [4.78, 5) is 27.8. The molecule has 1 heterocycles. The Morgan fingerprint density at radius 2 is 2.00 bits per heavy atom. The number of ether oxygens (including phenoxy) is 1. The van der Waals surface area contributed by atoms with E-state index in [1.165, 1.54) is 12.4 Å². The van der Waals surface area contributed by atoms with Crippen molar-refractivity contribution in [3.63, 3.8) is 0 Å². The second kappa shape index (κ2) is 5.17. The Labute approximate surface area is 105 Å². The van der Waals surface area contributed by atoms with E-state index < -0.39 is 16.4 Å². The number of aldehydes is 1. The smallest absolute Gasteiger partial charge is 0.322 e. The molecule has 0 aliphatic heterocycles. The van der Waals surface area contributed by atoms with Gasteiger partial charge >= 0.3 is 11.7 Å². The Kier molecular flexibility index (Phi) is 3.42. The fourth-order valence-electron chi connectivity index (χ4n) is 1.26. The molecule has 96 valence electrons. The molecule has 0 radical (unpaired) electrons. The van der Waals surface area contributed by atoms with Crippen LogP contribution in [0.1, 0.15) is 10.4 Å². The standard InChI is InChI=1S/C11H6FN3O4/c12-8-1-2-9(15(17)18)10(3-8)19-11-13-4-7(6-16)5-14-11/h1-6H. The molecular formula is C11H6FN3O4. The lowest BCUT2D eigenvalue weighted by Crippen LogP contribution is -1.97. The zero-order chi connectivity index (χ0) is 13.8. The minimum Gasteiger partial charge on any atom is -0.417 e. The van der Waals surface area contributed by atoms with Crippen LogP contribution in [0, 0.1) is 15.9 Å². The van der Waals surface area contributed by atoms with Crippen LogP contribution in [0.2, 0.25) is 0 Å². The molecular weight excluding hydrogens is 257 g/mol. The van der Waals surface area contributed by atoms with Crippen LogP contribution in [-0.2, 0) is 0 Å². The summed E-state index contributed by atoms with van der Waals surface area (Å²) in [5.74, 6) is -1.01. The molecule has 0 unspecified atom stereocenters. The Morgan fingerprint density at radius 3 is 2.58 bits per heavy atom. The fraction of sp³-hybridized carbons (Fsp3) is 0. The van der Waals surface area contributed by atoms with Crippen molar-refractivity contribution in [2.75, 3.05) is 0 Å². The Bertz CT molecular complexity index is 630. The zero-order valence-electron chi connectivity index (χ0n) is 9.32. The van der Waals surface area contributed by atoms with Gasteiger partial charge in [-0.05, 0) is 6.07 Å². The van der Waals surface area contributed by atoms with Crippen molar-refractivity contribution in [3.8, 4) is 11.8 Å². The summed E-state index contributed by atoms with van der Waals surface area (Å²) < 4.78 is 18.1. The number of aromatic nitrogens is 2. The molecule has 0 aliphatic rings. The topological polar surface area (TPSA) is 95.2 Å². The van der Waals surface area contributed by atoms with Crippen LogP contribution in [0.25, 0.3) is 0 Å². The summed E-state index contributed by atoms with van der Waals surface area (Å²) in [7, 11) is 0. The molecule has 0 saturated heterocycles. The number of hydrogen-bond donors (Lipinski definition) is 0. The number of rotatable bonds is 4. The molecule has 2 rings (SSSR count). The van der Waals surface area contributed by atoms with Gasteiger partial charge in [0.05, 0.1) is 10.5 Å². The molecule has 0 spiro atoms. The van der Waals surface area contributed by atoms with Gasteiger partial charge in [0, 0.05) is 24.5 Å². The summed E-state index contributed by atoms with van der Waals surface area (Å²) in [6.45, 7) is 0. The summed E-state index contributed by atoms with van der Waals surface area (Å²) in [6, 6.07) is 2.56. The van der Waals surface area contributed by atoms with E-state index >= 15 is 0 Å². The molecule has 0 bridgehead atoms. The highest BCUT2D eigenvalue weighted by Crippen LogP contribution is 2.30. The minimum atomic E-state index is -0.714. The van der Waals surface area contributed by atoms with Crippen LogP contribution in [0.15, 0.2) is 30.6 Å². The lowest BCUT2D eigenvalue weighted by Gasteiger charge is -2.04. The normalized spacial score (nSPS) is 9.95. The van der Waals surface area contributed by atoms with Crippen LogP contribution >= 0.6 is 0 Å². The third-order valence-corrected chi connectivity index (χ3v) is 2.10. The number of carbonyl (C=O) groups excluding carboxylic acids is 1. The average molecular weight is 263 g/mol. The number of nitro benzene ring substituents is 1. The largest absolute Gasteiger partial charge is 0.417 e. The van der Waals surface area contributed by atoms with E-state index in [0.717, 1.165) is 18.2 Å². The predicted molar refractivity (Wildman–Crippen MR) is 60.5 cm³/mol. The van der Waals surface area contributed by atoms with Gasteiger partial charge in [-0.3, -0.25) is 14.9 Å². The van der Waals surface area contributed by atoms with Crippen LogP contribution in [0.5, 0.6) is 11.8 Å². The van der Waals surface area contributed by atoms with Gasteiger partial charge in [0.25, 0.3) is 0 Å². The Hall–Kier alpha value is -2.90. The zero-order valence-corrected chi connectivity index (χ0v) is 9.32. The van der Waals surface area contributed by atoms with E-state index in [0.29, 0.717) is 6.29 Å². The molecule has 1 aromatic carbocycles. The highest BCUT2D eigenvalue weighted by Gasteiger charge is 2.17. The van der Waals surface area contributed by atoms with E-state index in [2.05, 4.69) is 9.97 Å². The van der Waals surface area contributed by atoms with Crippen molar-refractivity contribution in [2.45, 2.75) is 0 Å². The van der Waals surface area contributed by atoms with Gasteiger partial charge < -0.3 is 4.74 Å². The highest BCUT2D eigenvalue weighted by atomic mass is 19.1. The lowest BCUT2D eigenvalue weighted by molar-refractivity contribution is -0.385. The second-order valence-corrected chi connectivity index (χ2v) is 3.39. The highest BCUT2D eigenvalue weighted by molar-refractivity contribution is 5.73. The number of halogens is 1. The lowest BCUT2D eigenvalue weighted by atomic mass is 10.3. The minimum absolute atomic E-state index is 0.223. The molecule has 0 N–H and O–H groups in total. The van der Waals surface area contributed by atoms with Gasteiger partial charge in [0.2, 0.25) is 5.75 Å². The molecule has 0 saturated carbocycles. The van der Waals surface area contributed by atoms with Gasteiger partial charge in [-0.25, -0.2) is 14.4 Å². The molecule has 0 aliphatic carbocycles. The quantitative estimate of drug-likeness (QED) is 0.476. The third kappa shape index (κ3) is 2.86. The van der Waals surface area contributed by atoms with E-state index in [1.54, 1.807) is 0 Å². The molecule has 2 aromatic rings. The summed E-state index contributed by atoms with van der Waals surface area (Å²) in [5.41, 5.74) is -0.189. The van der Waals surface area contributed by atoms with Crippen LogP contribution in [-0.4, -0.2) is 21.2 Å². The fourth-order valence-corrected chi connectivity index (χ4v) is 1.26. The van der Waals surface area contributed by atoms with Crippen LogP contribution in [0.3, 0.4) is 0 Å². The molecule has 19 heavy (non-hydrogen) atoms. The summed E-state index contributed by atoms with van der Waals surface area (Å²) in [5, 5.41) is 10.7. The first kappa shape index (κ1) is 12.6. The van der Waals surface area contributed by atoms with Gasteiger partial charge in [0.1, 0.15) is 5.82 Å². The molecule has 1 aromatic heterocycles. The van der Waals surface area contributed by atoms with Crippen molar-refractivity contribution in [1.29, 1.82) is 0 Å². The number of carbonyl (C=O) groups is 1. The molecule has 0 atom stereocenters. The molecule has 7 nitrogen and oxygen atoms in total. The molecule has 0 amide bonds. The van der Waals surface area contributed by atoms with Crippen molar-refractivity contribution < 1.29 is 18.8 Å². The first-order valence-corrected chi connectivity index (χ1v) is 4.99. The maximum atomic E-state index is 13.0. The summed E-state index contributed by atoms with van der Waals surface area (Å²) in [6.07, 6.45) is 2.90. The van der Waals surface area contributed by atoms with Crippen molar-refractivity contribution in [2.24, 2.45) is 0 Å². The van der Waals surface area contributed by atoms with Gasteiger partial charge in [0.15, 0.2) is 6.29 Å².